The largest absolute Gasteiger partial charge is 0.476 e. The summed E-state index contributed by atoms with van der Waals surface area (Å²) in [5, 5.41) is 3.00. The molecule has 0 spiro atoms. The van der Waals surface area contributed by atoms with E-state index in [4.69, 9.17) is 4.74 Å². The van der Waals surface area contributed by atoms with Crippen LogP contribution < -0.4 is 10.1 Å². The van der Waals surface area contributed by atoms with Crippen LogP contribution in [0.3, 0.4) is 0 Å². The molecule has 2 rings (SSSR count). The fraction of sp³-hybridized carbons (Fsp3) is 0.692. The van der Waals surface area contributed by atoms with Crippen molar-refractivity contribution in [3.05, 3.63) is 10.8 Å². The molecule has 1 fully saturated rings. The smallest absolute Gasteiger partial charge is 0.233 e. The fourth-order valence-corrected chi connectivity index (χ4v) is 3.05. The number of nitrogens with one attached hydrogen (secondary N) is 1. The summed E-state index contributed by atoms with van der Waals surface area (Å²) in [4.78, 5) is 8.29. The Balaban J connectivity index is 1.93. The minimum Gasteiger partial charge on any atom is -0.476 e. The Morgan fingerprint density at radius 3 is 3.00 bits per heavy atom. The number of hydrogen-bond donors (Lipinski definition) is 1. The van der Waals surface area contributed by atoms with E-state index in [0.717, 1.165) is 22.8 Å². The van der Waals surface area contributed by atoms with Gasteiger partial charge < -0.3 is 10.1 Å². The van der Waals surface area contributed by atoms with E-state index in [-0.39, 0.29) is 0 Å². The first-order valence-corrected chi connectivity index (χ1v) is 7.31. The molecule has 4 nitrogen and oxygen atoms in total. The molecule has 100 valence electrons. The standard InChI is InChI=1S/C13H20BrN3O/c1-9-4-3-5-10(6-9)7-18-13-11(14)12(15-2)16-8-17-13/h8-10H,3-7H2,1-2H3,(H,15,16,17). The lowest BCUT2D eigenvalue weighted by atomic mass is 9.83. The first-order valence-electron chi connectivity index (χ1n) is 6.51. The second-order valence-electron chi connectivity index (χ2n) is 5.04. The maximum absolute atomic E-state index is 5.83. The number of anilines is 1. The van der Waals surface area contributed by atoms with Gasteiger partial charge in [-0.25, -0.2) is 9.97 Å². The molecule has 2 atom stereocenters. The predicted molar refractivity (Wildman–Crippen MR) is 75.9 cm³/mol. The molecular formula is C13H20BrN3O. The van der Waals surface area contributed by atoms with Gasteiger partial charge >= 0.3 is 0 Å². The van der Waals surface area contributed by atoms with E-state index in [1.807, 2.05) is 7.05 Å². The second-order valence-corrected chi connectivity index (χ2v) is 5.83. The van der Waals surface area contributed by atoms with Gasteiger partial charge in [0.1, 0.15) is 16.6 Å². The van der Waals surface area contributed by atoms with E-state index in [1.165, 1.54) is 32.0 Å². The molecule has 0 radical (unpaired) electrons. The molecule has 1 heterocycles. The minimum atomic E-state index is 0.632. The van der Waals surface area contributed by atoms with Gasteiger partial charge in [-0.3, -0.25) is 0 Å². The zero-order valence-electron chi connectivity index (χ0n) is 10.9. The van der Waals surface area contributed by atoms with E-state index in [0.29, 0.717) is 11.8 Å². The van der Waals surface area contributed by atoms with Gasteiger partial charge in [-0.1, -0.05) is 19.8 Å². The SMILES string of the molecule is CNc1ncnc(OCC2CCCC(C)C2)c1Br. The number of halogens is 1. The van der Waals surface area contributed by atoms with Crippen LogP contribution in [-0.4, -0.2) is 23.6 Å². The molecule has 1 aromatic rings. The van der Waals surface area contributed by atoms with E-state index < -0.39 is 0 Å². The number of aromatic nitrogens is 2. The highest BCUT2D eigenvalue weighted by atomic mass is 79.9. The van der Waals surface area contributed by atoms with Crippen LogP contribution in [0.5, 0.6) is 5.88 Å². The highest BCUT2D eigenvalue weighted by Crippen LogP contribution is 2.31. The van der Waals surface area contributed by atoms with Crippen LogP contribution in [0, 0.1) is 11.8 Å². The van der Waals surface area contributed by atoms with Gasteiger partial charge in [-0.2, -0.15) is 0 Å². The molecule has 1 aliphatic carbocycles. The van der Waals surface area contributed by atoms with Crippen LogP contribution in [-0.2, 0) is 0 Å². The molecule has 1 saturated carbocycles. The maximum Gasteiger partial charge on any atom is 0.233 e. The third-order valence-corrected chi connectivity index (χ3v) is 4.21. The number of nitrogens with zero attached hydrogens (tertiary/aromatic N) is 2. The Morgan fingerprint density at radius 2 is 2.28 bits per heavy atom. The quantitative estimate of drug-likeness (QED) is 0.924. The molecule has 0 aromatic carbocycles. The van der Waals surface area contributed by atoms with E-state index in [9.17, 15) is 0 Å². The molecule has 2 unspecified atom stereocenters. The molecule has 18 heavy (non-hydrogen) atoms. The summed E-state index contributed by atoms with van der Waals surface area (Å²) < 4.78 is 6.63. The zero-order valence-corrected chi connectivity index (χ0v) is 12.5. The van der Waals surface area contributed by atoms with Crippen molar-refractivity contribution in [2.45, 2.75) is 32.6 Å². The minimum absolute atomic E-state index is 0.632. The molecule has 0 bridgehead atoms. The summed E-state index contributed by atoms with van der Waals surface area (Å²) in [7, 11) is 1.83. The Bertz CT molecular complexity index is 400. The summed E-state index contributed by atoms with van der Waals surface area (Å²) in [6.07, 6.45) is 6.74. The summed E-state index contributed by atoms with van der Waals surface area (Å²) in [6.45, 7) is 3.08. The van der Waals surface area contributed by atoms with Crippen molar-refractivity contribution in [3.63, 3.8) is 0 Å². The second kappa shape index (κ2) is 6.36. The predicted octanol–water partition coefficient (Wildman–Crippen LogP) is 3.49. The third-order valence-electron chi connectivity index (χ3n) is 3.50. The Morgan fingerprint density at radius 1 is 1.44 bits per heavy atom. The molecule has 5 heteroatoms. The lowest BCUT2D eigenvalue weighted by Gasteiger charge is -2.26. The van der Waals surface area contributed by atoms with Crippen molar-refractivity contribution in [1.29, 1.82) is 0 Å². The van der Waals surface area contributed by atoms with Gasteiger partial charge in [-0.15, -0.1) is 0 Å². The van der Waals surface area contributed by atoms with Crippen molar-refractivity contribution in [1.82, 2.24) is 9.97 Å². The average Bonchev–Trinajstić information content (AvgIpc) is 2.38. The summed E-state index contributed by atoms with van der Waals surface area (Å²) >= 11 is 3.47. The van der Waals surface area contributed by atoms with Gasteiger partial charge in [0.05, 0.1) is 6.61 Å². The lowest BCUT2D eigenvalue weighted by molar-refractivity contribution is 0.177. The van der Waals surface area contributed by atoms with Crippen LogP contribution >= 0.6 is 15.9 Å². The third kappa shape index (κ3) is 3.34. The summed E-state index contributed by atoms with van der Waals surface area (Å²) in [6, 6.07) is 0. The number of hydrogen-bond acceptors (Lipinski definition) is 4. The van der Waals surface area contributed by atoms with Gasteiger partial charge in [0.25, 0.3) is 0 Å². The van der Waals surface area contributed by atoms with Crippen LogP contribution in [0.25, 0.3) is 0 Å². The lowest BCUT2D eigenvalue weighted by Crippen LogP contribution is -2.20. The molecule has 1 aliphatic rings. The van der Waals surface area contributed by atoms with Crippen molar-refractivity contribution in [2.24, 2.45) is 11.8 Å². The monoisotopic (exact) mass is 313 g/mol. The van der Waals surface area contributed by atoms with Gasteiger partial charge in [-0.05, 0) is 40.6 Å². The molecule has 1 aromatic heterocycles. The Labute approximate surface area is 117 Å². The van der Waals surface area contributed by atoms with Gasteiger partial charge in [0, 0.05) is 7.05 Å². The van der Waals surface area contributed by atoms with Gasteiger partial charge in [0.2, 0.25) is 5.88 Å². The molecule has 1 N–H and O–H groups in total. The van der Waals surface area contributed by atoms with Crippen LogP contribution in [0.1, 0.15) is 32.6 Å². The van der Waals surface area contributed by atoms with Crippen LogP contribution in [0.2, 0.25) is 0 Å². The van der Waals surface area contributed by atoms with Crippen molar-refractivity contribution in [3.8, 4) is 5.88 Å². The molecule has 0 aliphatic heterocycles. The van der Waals surface area contributed by atoms with E-state index in [1.54, 1.807) is 0 Å². The molecular weight excluding hydrogens is 294 g/mol. The van der Waals surface area contributed by atoms with E-state index >= 15 is 0 Å². The first kappa shape index (κ1) is 13.6. The highest BCUT2D eigenvalue weighted by molar-refractivity contribution is 9.10. The van der Waals surface area contributed by atoms with Crippen molar-refractivity contribution < 1.29 is 4.74 Å². The van der Waals surface area contributed by atoms with Crippen LogP contribution in [0.15, 0.2) is 10.8 Å². The van der Waals surface area contributed by atoms with Crippen molar-refractivity contribution >= 4 is 21.7 Å². The fourth-order valence-electron chi connectivity index (χ4n) is 2.54. The summed E-state index contributed by atoms with van der Waals surface area (Å²) in [5.41, 5.74) is 0. The van der Waals surface area contributed by atoms with E-state index in [2.05, 4.69) is 38.1 Å². The molecule has 0 saturated heterocycles. The normalized spacial score (nSPS) is 23.7. The van der Waals surface area contributed by atoms with Gasteiger partial charge in [0.15, 0.2) is 0 Å². The number of rotatable bonds is 4. The number of ether oxygens (including phenoxy) is 1. The Hall–Kier alpha value is -0.840. The zero-order chi connectivity index (χ0) is 13.0. The first-order chi connectivity index (χ1) is 8.70. The summed E-state index contributed by atoms with van der Waals surface area (Å²) in [5.74, 6) is 2.88. The average molecular weight is 314 g/mol. The Kier molecular flexibility index (Phi) is 4.80. The maximum atomic E-state index is 5.83. The van der Waals surface area contributed by atoms with Crippen LogP contribution in [0.4, 0.5) is 5.82 Å². The van der Waals surface area contributed by atoms with Crippen molar-refractivity contribution in [2.75, 3.05) is 19.0 Å². The molecule has 0 amide bonds. The highest BCUT2D eigenvalue weighted by Gasteiger charge is 2.20. The topological polar surface area (TPSA) is 47.0 Å².